The molecule has 10 nitrogen and oxygen atoms in total. The average Bonchev–Trinajstić information content (AvgIpc) is 3.29. The van der Waals surface area contributed by atoms with Crippen molar-refractivity contribution >= 4 is 5.91 Å². The molecule has 0 aromatic heterocycles. The third-order valence-electron chi connectivity index (χ3n) is 13.8. The summed E-state index contributed by atoms with van der Waals surface area (Å²) in [7, 11) is 0. The molecule has 1 saturated heterocycles. The molecule has 10 heteroatoms. The molecule has 0 radical (unpaired) electrons. The fourth-order valence-electron chi connectivity index (χ4n) is 9.32. The van der Waals surface area contributed by atoms with E-state index in [9.17, 15) is 35.4 Å². The summed E-state index contributed by atoms with van der Waals surface area (Å²) in [6.45, 7) is 3.64. The summed E-state index contributed by atoms with van der Waals surface area (Å²) < 4.78 is 11.2. The number of carbonyl (C=O) groups excluding carboxylic acids is 1. The third-order valence-corrected chi connectivity index (χ3v) is 13.8. The van der Waals surface area contributed by atoms with Crippen molar-refractivity contribution in [2.75, 3.05) is 13.2 Å². The van der Waals surface area contributed by atoms with Crippen LogP contribution in [0.3, 0.4) is 0 Å². The minimum atomic E-state index is -1.60. The van der Waals surface area contributed by atoms with Crippen LogP contribution in [0, 0.1) is 0 Å². The number of amides is 1. The molecule has 2 unspecified atom stereocenters. The molecule has 382 valence electrons. The maximum Gasteiger partial charge on any atom is 0.220 e. The Morgan fingerprint density at radius 3 is 1.16 bits per heavy atom. The van der Waals surface area contributed by atoms with Crippen LogP contribution in [-0.2, 0) is 14.3 Å². The largest absolute Gasteiger partial charge is 0.394 e. The normalized spacial score (nSPS) is 20.4. The summed E-state index contributed by atoms with van der Waals surface area (Å²) >= 11 is 0. The number of hydrogen-bond donors (Lipinski definition) is 7. The number of rotatable bonds is 48. The third kappa shape index (κ3) is 33.6. The number of carbonyl (C=O) groups is 1. The van der Waals surface area contributed by atoms with E-state index in [4.69, 9.17) is 9.47 Å². The summed E-state index contributed by atoms with van der Waals surface area (Å²) in [5.41, 5.74) is 0. The fourth-order valence-corrected chi connectivity index (χ4v) is 9.32. The molecule has 64 heavy (non-hydrogen) atoms. The topological polar surface area (TPSA) is 169 Å². The Kier molecular flexibility index (Phi) is 42.7. The molecule has 0 aromatic carbocycles. The number of hydrogen-bond acceptors (Lipinski definition) is 9. The second-order valence-corrected chi connectivity index (χ2v) is 19.9. The van der Waals surface area contributed by atoms with Gasteiger partial charge in [-0.2, -0.15) is 0 Å². The van der Waals surface area contributed by atoms with Gasteiger partial charge in [-0.05, 0) is 12.8 Å². The molecule has 0 saturated carbocycles. The fraction of sp³-hybridized carbons (Fsp3) is 0.981. The van der Waals surface area contributed by atoms with Crippen molar-refractivity contribution in [3.05, 3.63) is 0 Å². The molecule has 1 fully saturated rings. The number of unbranched alkanes of at least 4 members (excludes halogenated alkanes) is 37. The predicted molar refractivity (Wildman–Crippen MR) is 264 cm³/mol. The minimum Gasteiger partial charge on any atom is -0.394 e. The van der Waals surface area contributed by atoms with Crippen LogP contribution >= 0.6 is 0 Å². The van der Waals surface area contributed by atoms with Gasteiger partial charge in [0.2, 0.25) is 5.91 Å². The zero-order valence-electron chi connectivity index (χ0n) is 41.9. The molecular weight excluding hydrogens is 807 g/mol. The molecule has 0 aromatic rings. The molecule has 0 spiro atoms. The van der Waals surface area contributed by atoms with Crippen molar-refractivity contribution in [2.24, 2.45) is 0 Å². The first-order valence-corrected chi connectivity index (χ1v) is 27.8. The summed E-state index contributed by atoms with van der Waals surface area (Å²) in [6, 6.07) is -0.985. The van der Waals surface area contributed by atoms with Gasteiger partial charge in [-0.15, -0.1) is 0 Å². The Morgan fingerprint density at radius 1 is 0.484 bits per heavy atom. The lowest BCUT2D eigenvalue weighted by Gasteiger charge is -2.40. The molecule has 8 atom stereocenters. The van der Waals surface area contributed by atoms with Gasteiger partial charge in [0.15, 0.2) is 6.29 Å². The van der Waals surface area contributed by atoms with Crippen LogP contribution in [0.25, 0.3) is 0 Å². The number of nitrogens with one attached hydrogen (secondary N) is 1. The van der Waals surface area contributed by atoms with Crippen molar-refractivity contribution in [2.45, 2.75) is 326 Å². The highest BCUT2D eigenvalue weighted by molar-refractivity contribution is 5.76. The Bertz CT molecular complexity index is 988. The summed E-state index contributed by atoms with van der Waals surface area (Å²) in [6.07, 6.45) is 41.3. The molecular formula is C54H107NO9. The quantitative estimate of drug-likeness (QED) is 0.0294. The van der Waals surface area contributed by atoms with Crippen LogP contribution < -0.4 is 5.32 Å². The highest BCUT2D eigenvalue weighted by Crippen LogP contribution is 2.23. The smallest absolute Gasteiger partial charge is 0.220 e. The van der Waals surface area contributed by atoms with E-state index in [1.54, 1.807) is 0 Å². The van der Waals surface area contributed by atoms with E-state index in [0.717, 1.165) is 38.5 Å². The van der Waals surface area contributed by atoms with Gasteiger partial charge in [0.1, 0.15) is 30.5 Å². The Labute approximate surface area is 394 Å². The van der Waals surface area contributed by atoms with E-state index in [-0.39, 0.29) is 18.9 Å². The lowest BCUT2D eigenvalue weighted by atomic mass is 9.98. The van der Waals surface area contributed by atoms with E-state index in [1.807, 2.05) is 0 Å². The van der Waals surface area contributed by atoms with Gasteiger partial charge in [0.05, 0.1) is 25.4 Å². The van der Waals surface area contributed by atoms with Crippen molar-refractivity contribution in [3.63, 3.8) is 0 Å². The van der Waals surface area contributed by atoms with Crippen LogP contribution in [0.15, 0.2) is 0 Å². The second-order valence-electron chi connectivity index (χ2n) is 19.9. The van der Waals surface area contributed by atoms with Crippen LogP contribution in [0.5, 0.6) is 0 Å². The van der Waals surface area contributed by atoms with Crippen molar-refractivity contribution in [1.82, 2.24) is 5.32 Å². The van der Waals surface area contributed by atoms with E-state index in [1.165, 1.54) is 212 Å². The van der Waals surface area contributed by atoms with Crippen LogP contribution in [-0.4, -0.2) is 98.7 Å². The van der Waals surface area contributed by atoms with Gasteiger partial charge in [-0.25, -0.2) is 0 Å². The molecule has 1 amide bonds. The summed E-state index contributed by atoms with van der Waals surface area (Å²) in [5, 5.41) is 65.4. The van der Waals surface area contributed by atoms with E-state index in [0.29, 0.717) is 6.42 Å². The second kappa shape index (κ2) is 44.6. The van der Waals surface area contributed by atoms with Crippen molar-refractivity contribution in [1.29, 1.82) is 0 Å². The number of aliphatic hydroxyl groups excluding tert-OH is 6. The average molecular weight is 914 g/mol. The van der Waals surface area contributed by atoms with E-state index in [2.05, 4.69) is 19.2 Å². The zero-order chi connectivity index (χ0) is 46.7. The number of ether oxygens (including phenoxy) is 2. The first-order chi connectivity index (χ1) is 31.3. The number of aliphatic hydroxyl groups is 6. The predicted octanol–water partition coefficient (Wildman–Crippen LogP) is 12.0. The lowest BCUT2D eigenvalue weighted by Crippen LogP contribution is -2.60. The highest BCUT2D eigenvalue weighted by atomic mass is 16.7. The van der Waals surface area contributed by atoms with Gasteiger partial charge >= 0.3 is 0 Å². The minimum absolute atomic E-state index is 0.251. The van der Waals surface area contributed by atoms with E-state index >= 15 is 0 Å². The molecule has 1 aliphatic rings. The SMILES string of the molecule is CCCCCCCCCCCCCCCCCCCCCCCCCCCCC(=O)N[C@@H](CO[C@@H]1O[C@H](CO)[C@@H](O)C(O)C1O)[C@H](O)[C@H](O)CCCCCCCCCCCCCCC. The summed E-state index contributed by atoms with van der Waals surface area (Å²) in [5.74, 6) is -0.251. The van der Waals surface area contributed by atoms with E-state index < -0.39 is 55.6 Å². The Hall–Kier alpha value is -0.850. The lowest BCUT2D eigenvalue weighted by molar-refractivity contribution is -0.303. The molecule has 7 N–H and O–H groups in total. The Balaban J connectivity index is 2.21. The van der Waals surface area contributed by atoms with Gasteiger partial charge in [-0.3, -0.25) is 4.79 Å². The van der Waals surface area contributed by atoms with Crippen molar-refractivity contribution in [3.8, 4) is 0 Å². The van der Waals surface area contributed by atoms with Crippen molar-refractivity contribution < 1.29 is 44.9 Å². The standard InChI is InChI=1S/C54H107NO9/c1-3-5-7-9-11-13-15-17-18-19-20-21-22-23-24-25-26-27-28-29-31-33-35-37-39-41-43-49(58)55-46(45-63-54-53(62)52(61)51(60)48(44-56)64-54)50(59)47(57)42-40-38-36-34-32-30-16-14-12-10-8-6-4-2/h46-48,50-54,56-57,59-62H,3-45H2,1-2H3,(H,55,58)/t46-,47+,48+,50-,51+,52?,53?,54+/m0/s1. The highest BCUT2D eigenvalue weighted by Gasteiger charge is 2.44. The van der Waals surface area contributed by atoms with Crippen LogP contribution in [0.4, 0.5) is 0 Å². The molecule has 0 aliphatic carbocycles. The molecule has 1 heterocycles. The van der Waals surface area contributed by atoms with Gasteiger partial charge in [0.25, 0.3) is 0 Å². The first-order valence-electron chi connectivity index (χ1n) is 27.8. The van der Waals surface area contributed by atoms with Gasteiger partial charge < -0.3 is 45.4 Å². The summed E-state index contributed by atoms with van der Waals surface area (Å²) in [4.78, 5) is 13.1. The van der Waals surface area contributed by atoms with Gasteiger partial charge in [-0.1, -0.05) is 258 Å². The Morgan fingerprint density at radius 2 is 0.812 bits per heavy atom. The van der Waals surface area contributed by atoms with Crippen LogP contribution in [0.2, 0.25) is 0 Å². The maximum absolute atomic E-state index is 13.1. The zero-order valence-corrected chi connectivity index (χ0v) is 41.9. The first kappa shape index (κ1) is 61.2. The van der Waals surface area contributed by atoms with Crippen LogP contribution in [0.1, 0.15) is 277 Å². The monoisotopic (exact) mass is 914 g/mol. The maximum atomic E-state index is 13.1. The van der Waals surface area contributed by atoms with Gasteiger partial charge in [0, 0.05) is 6.42 Å². The molecule has 1 aliphatic heterocycles. The molecule has 1 rings (SSSR count). The molecule has 0 bridgehead atoms.